The standard InChI is InChI=1S/C19H15F3N4O4/c1-2-26-18(29)14-6-4-3-5-13(14)15(25-26)17(28)24-23-16(27)11-7-9-12(10-8-11)30-19(20,21)22/h3-10H,2H2,1H3,(H,23,27)(H,24,28). The fourth-order valence-electron chi connectivity index (χ4n) is 2.67. The Hall–Kier alpha value is -3.89. The van der Waals surface area contributed by atoms with Crippen LogP contribution in [0.15, 0.2) is 53.3 Å². The first-order chi connectivity index (χ1) is 14.2. The van der Waals surface area contributed by atoms with Gasteiger partial charge in [0.25, 0.3) is 17.4 Å². The molecule has 1 heterocycles. The predicted molar refractivity (Wildman–Crippen MR) is 99.7 cm³/mol. The zero-order valence-electron chi connectivity index (χ0n) is 15.5. The van der Waals surface area contributed by atoms with E-state index in [0.29, 0.717) is 10.8 Å². The van der Waals surface area contributed by atoms with Crippen LogP contribution in [0.5, 0.6) is 5.75 Å². The Balaban J connectivity index is 1.75. The Morgan fingerprint density at radius 3 is 2.20 bits per heavy atom. The van der Waals surface area contributed by atoms with E-state index in [1.54, 1.807) is 31.2 Å². The van der Waals surface area contributed by atoms with Gasteiger partial charge in [-0.2, -0.15) is 5.10 Å². The van der Waals surface area contributed by atoms with E-state index >= 15 is 0 Å². The van der Waals surface area contributed by atoms with Crippen LogP contribution in [0.1, 0.15) is 27.8 Å². The topological polar surface area (TPSA) is 102 Å². The Kier molecular flexibility index (Phi) is 5.72. The largest absolute Gasteiger partial charge is 0.573 e. The fraction of sp³-hybridized carbons (Fsp3) is 0.158. The molecule has 0 saturated heterocycles. The molecule has 0 spiro atoms. The van der Waals surface area contributed by atoms with E-state index in [4.69, 9.17) is 0 Å². The SMILES string of the molecule is CCn1nc(C(=O)NNC(=O)c2ccc(OC(F)(F)F)cc2)c2ccccc2c1=O. The third-order valence-electron chi connectivity index (χ3n) is 4.02. The van der Waals surface area contributed by atoms with Crippen LogP contribution in [-0.4, -0.2) is 28.0 Å². The number of benzene rings is 2. The lowest BCUT2D eigenvalue weighted by Crippen LogP contribution is -2.42. The zero-order chi connectivity index (χ0) is 21.9. The molecular weight excluding hydrogens is 405 g/mol. The number of hydrogen-bond donors (Lipinski definition) is 2. The van der Waals surface area contributed by atoms with Gasteiger partial charge in [0.15, 0.2) is 5.69 Å². The second-order valence-electron chi connectivity index (χ2n) is 6.00. The van der Waals surface area contributed by atoms with E-state index in [1.807, 2.05) is 0 Å². The van der Waals surface area contributed by atoms with E-state index in [9.17, 15) is 27.6 Å². The highest BCUT2D eigenvalue weighted by atomic mass is 19.4. The molecule has 0 saturated carbocycles. The van der Waals surface area contributed by atoms with Gasteiger partial charge in [0, 0.05) is 17.5 Å². The molecule has 0 fully saturated rings. The number of aryl methyl sites for hydroxylation is 1. The molecule has 0 aliphatic heterocycles. The number of halogens is 3. The van der Waals surface area contributed by atoms with Crippen molar-refractivity contribution in [1.82, 2.24) is 20.6 Å². The Morgan fingerprint density at radius 1 is 1.00 bits per heavy atom. The van der Waals surface area contributed by atoms with Gasteiger partial charge in [0.2, 0.25) is 0 Å². The van der Waals surface area contributed by atoms with E-state index in [-0.39, 0.29) is 23.4 Å². The van der Waals surface area contributed by atoms with Gasteiger partial charge in [-0.05, 0) is 37.3 Å². The molecule has 0 atom stereocenters. The lowest BCUT2D eigenvalue weighted by atomic mass is 10.1. The summed E-state index contributed by atoms with van der Waals surface area (Å²) in [6.45, 7) is 1.93. The van der Waals surface area contributed by atoms with Crippen molar-refractivity contribution >= 4 is 22.6 Å². The van der Waals surface area contributed by atoms with Crippen molar-refractivity contribution in [3.8, 4) is 5.75 Å². The van der Waals surface area contributed by atoms with Crippen LogP contribution in [0.2, 0.25) is 0 Å². The lowest BCUT2D eigenvalue weighted by Gasteiger charge is -2.11. The Labute approximate surface area is 167 Å². The summed E-state index contributed by atoms with van der Waals surface area (Å²) in [6, 6.07) is 10.6. The van der Waals surface area contributed by atoms with Gasteiger partial charge in [0.05, 0.1) is 5.39 Å². The number of alkyl halides is 3. The van der Waals surface area contributed by atoms with Crippen molar-refractivity contribution in [2.24, 2.45) is 0 Å². The van der Waals surface area contributed by atoms with E-state index in [0.717, 1.165) is 28.9 Å². The van der Waals surface area contributed by atoms with Gasteiger partial charge < -0.3 is 4.74 Å². The van der Waals surface area contributed by atoms with Gasteiger partial charge >= 0.3 is 6.36 Å². The van der Waals surface area contributed by atoms with Crippen LogP contribution in [-0.2, 0) is 6.54 Å². The third kappa shape index (κ3) is 4.57. The number of hydrazine groups is 1. The highest BCUT2D eigenvalue weighted by Crippen LogP contribution is 2.22. The van der Waals surface area contributed by atoms with Crippen molar-refractivity contribution < 1.29 is 27.5 Å². The molecule has 0 bridgehead atoms. The molecular formula is C19H15F3N4O4. The monoisotopic (exact) mass is 420 g/mol. The molecule has 2 amide bonds. The van der Waals surface area contributed by atoms with Gasteiger partial charge in [-0.1, -0.05) is 18.2 Å². The summed E-state index contributed by atoms with van der Waals surface area (Å²) in [7, 11) is 0. The Bertz CT molecular complexity index is 1160. The molecule has 0 aliphatic carbocycles. The minimum absolute atomic E-state index is 0.0128. The maximum absolute atomic E-state index is 12.5. The Morgan fingerprint density at radius 2 is 1.60 bits per heavy atom. The molecule has 30 heavy (non-hydrogen) atoms. The molecule has 3 rings (SSSR count). The van der Waals surface area contributed by atoms with Crippen molar-refractivity contribution in [2.75, 3.05) is 0 Å². The summed E-state index contributed by atoms with van der Waals surface area (Å²) in [5.41, 5.74) is 3.91. The average Bonchev–Trinajstić information content (AvgIpc) is 2.71. The number of rotatable bonds is 4. The van der Waals surface area contributed by atoms with Crippen LogP contribution in [0.25, 0.3) is 10.8 Å². The first-order valence-corrected chi connectivity index (χ1v) is 8.66. The van der Waals surface area contributed by atoms with Gasteiger partial charge in [-0.15, -0.1) is 13.2 Å². The maximum Gasteiger partial charge on any atom is 0.573 e. The van der Waals surface area contributed by atoms with Crippen molar-refractivity contribution in [2.45, 2.75) is 19.8 Å². The molecule has 2 N–H and O–H groups in total. The van der Waals surface area contributed by atoms with Gasteiger partial charge in [-0.25, -0.2) is 4.68 Å². The molecule has 0 aliphatic rings. The normalized spacial score (nSPS) is 11.2. The zero-order valence-corrected chi connectivity index (χ0v) is 15.5. The second-order valence-corrected chi connectivity index (χ2v) is 6.00. The first-order valence-electron chi connectivity index (χ1n) is 8.66. The lowest BCUT2D eigenvalue weighted by molar-refractivity contribution is -0.274. The minimum Gasteiger partial charge on any atom is -0.406 e. The van der Waals surface area contributed by atoms with E-state index < -0.39 is 23.9 Å². The highest BCUT2D eigenvalue weighted by Gasteiger charge is 2.31. The fourth-order valence-corrected chi connectivity index (χ4v) is 2.67. The maximum atomic E-state index is 12.5. The molecule has 11 heteroatoms. The average molecular weight is 420 g/mol. The minimum atomic E-state index is -4.84. The summed E-state index contributed by atoms with van der Waals surface area (Å²) in [4.78, 5) is 37.0. The number of amides is 2. The number of carbonyl (C=O) groups is 2. The summed E-state index contributed by atoms with van der Waals surface area (Å²) in [6.07, 6.45) is -4.84. The van der Waals surface area contributed by atoms with Crippen molar-refractivity contribution in [3.63, 3.8) is 0 Å². The van der Waals surface area contributed by atoms with Crippen LogP contribution in [0.3, 0.4) is 0 Å². The van der Waals surface area contributed by atoms with Crippen molar-refractivity contribution in [1.29, 1.82) is 0 Å². The first kappa shape index (κ1) is 20.8. The summed E-state index contributed by atoms with van der Waals surface area (Å²) >= 11 is 0. The van der Waals surface area contributed by atoms with Gasteiger partial charge in [-0.3, -0.25) is 25.2 Å². The molecule has 3 aromatic rings. The van der Waals surface area contributed by atoms with E-state index in [2.05, 4.69) is 20.7 Å². The van der Waals surface area contributed by atoms with E-state index in [1.165, 1.54) is 0 Å². The molecule has 156 valence electrons. The summed E-state index contributed by atoms with van der Waals surface area (Å²) in [5.74, 6) is -2.02. The summed E-state index contributed by atoms with van der Waals surface area (Å²) in [5, 5.41) is 4.64. The number of nitrogens with one attached hydrogen (secondary N) is 2. The molecule has 0 radical (unpaired) electrons. The third-order valence-corrected chi connectivity index (χ3v) is 4.02. The molecule has 2 aromatic carbocycles. The number of aromatic nitrogens is 2. The smallest absolute Gasteiger partial charge is 0.406 e. The highest BCUT2D eigenvalue weighted by molar-refractivity contribution is 6.06. The molecule has 0 unspecified atom stereocenters. The quantitative estimate of drug-likeness (QED) is 0.631. The summed E-state index contributed by atoms with van der Waals surface area (Å²) < 4.78 is 41.4. The van der Waals surface area contributed by atoms with Crippen LogP contribution < -0.4 is 21.1 Å². The number of fused-ring (bicyclic) bond motifs is 1. The molecule has 1 aromatic heterocycles. The second kappa shape index (κ2) is 8.23. The number of nitrogens with zero attached hydrogens (tertiary/aromatic N) is 2. The van der Waals surface area contributed by atoms with Crippen LogP contribution >= 0.6 is 0 Å². The number of carbonyl (C=O) groups excluding carboxylic acids is 2. The van der Waals surface area contributed by atoms with Crippen LogP contribution in [0, 0.1) is 0 Å². The van der Waals surface area contributed by atoms with Gasteiger partial charge in [0.1, 0.15) is 5.75 Å². The van der Waals surface area contributed by atoms with Crippen LogP contribution in [0.4, 0.5) is 13.2 Å². The van der Waals surface area contributed by atoms with Crippen molar-refractivity contribution in [3.05, 3.63) is 70.1 Å². The molecule has 8 nitrogen and oxygen atoms in total. The number of hydrogen-bond acceptors (Lipinski definition) is 5. The number of ether oxygens (including phenoxy) is 1. The predicted octanol–water partition coefficient (Wildman–Crippen LogP) is 2.39.